The van der Waals surface area contributed by atoms with E-state index in [0.717, 1.165) is 0 Å². The second-order valence-electron chi connectivity index (χ2n) is 6.44. The van der Waals surface area contributed by atoms with E-state index in [4.69, 9.17) is 9.15 Å². The molecule has 158 valence electrons. The fourth-order valence-electron chi connectivity index (χ4n) is 3.08. The normalized spacial score (nSPS) is 10.9. The molecular formula is C22H19N3O4S2. The second-order valence-corrected chi connectivity index (χ2v) is 8.24. The van der Waals surface area contributed by atoms with Gasteiger partial charge in [-0.1, -0.05) is 30.0 Å². The number of amides is 1. The van der Waals surface area contributed by atoms with Crippen LogP contribution in [0.2, 0.25) is 0 Å². The number of furan rings is 1. The third kappa shape index (κ3) is 4.28. The van der Waals surface area contributed by atoms with Crippen LogP contribution in [-0.4, -0.2) is 28.3 Å². The lowest BCUT2D eigenvalue weighted by Crippen LogP contribution is -2.23. The average Bonchev–Trinajstić information content (AvgIpc) is 3.44. The maximum absolute atomic E-state index is 13.2. The molecule has 31 heavy (non-hydrogen) atoms. The predicted molar refractivity (Wildman–Crippen MR) is 124 cm³/mol. The van der Waals surface area contributed by atoms with E-state index in [2.05, 4.69) is 16.9 Å². The molecule has 0 unspecified atom stereocenters. The molecule has 3 heterocycles. The molecule has 3 aromatic heterocycles. The third-order valence-electron chi connectivity index (χ3n) is 4.47. The van der Waals surface area contributed by atoms with E-state index < -0.39 is 0 Å². The van der Waals surface area contributed by atoms with Crippen LogP contribution >= 0.6 is 23.1 Å². The molecule has 4 aromatic rings. The molecule has 0 aliphatic carbocycles. The Morgan fingerprint density at radius 2 is 2.19 bits per heavy atom. The van der Waals surface area contributed by atoms with Crippen LogP contribution in [0.4, 0.5) is 5.69 Å². The van der Waals surface area contributed by atoms with E-state index in [9.17, 15) is 9.59 Å². The minimum atomic E-state index is -0.226. The van der Waals surface area contributed by atoms with Gasteiger partial charge in [0.15, 0.2) is 5.16 Å². The van der Waals surface area contributed by atoms with Crippen LogP contribution in [0.15, 0.2) is 75.1 Å². The second kappa shape index (κ2) is 9.23. The molecule has 0 aliphatic rings. The fraction of sp³-hybridized carbons (Fsp3) is 0.136. The number of para-hydroxylation sites is 2. The molecule has 1 amide bonds. The summed E-state index contributed by atoms with van der Waals surface area (Å²) in [5, 5.41) is 5.65. The number of ether oxygens (including phenoxy) is 1. The molecule has 0 saturated carbocycles. The monoisotopic (exact) mass is 453 g/mol. The number of allylic oxidation sites excluding steroid dienone is 1. The van der Waals surface area contributed by atoms with Gasteiger partial charge in [-0.25, -0.2) is 4.98 Å². The third-order valence-corrected chi connectivity index (χ3v) is 6.32. The molecule has 0 saturated heterocycles. The summed E-state index contributed by atoms with van der Waals surface area (Å²) in [7, 11) is 1.55. The number of benzene rings is 1. The minimum absolute atomic E-state index is 0.0869. The molecule has 0 bridgehead atoms. The molecule has 0 spiro atoms. The van der Waals surface area contributed by atoms with Gasteiger partial charge < -0.3 is 14.5 Å². The van der Waals surface area contributed by atoms with Crippen LogP contribution in [0.1, 0.15) is 0 Å². The number of hydrogen-bond acceptors (Lipinski definition) is 7. The van der Waals surface area contributed by atoms with E-state index in [1.54, 1.807) is 37.6 Å². The first kappa shape index (κ1) is 21.0. The maximum atomic E-state index is 13.2. The molecular weight excluding hydrogens is 434 g/mol. The van der Waals surface area contributed by atoms with Crippen LogP contribution in [0, 0.1) is 0 Å². The van der Waals surface area contributed by atoms with Gasteiger partial charge in [-0.15, -0.1) is 17.9 Å². The van der Waals surface area contributed by atoms with Gasteiger partial charge in [0.2, 0.25) is 5.91 Å². The molecule has 0 radical (unpaired) electrons. The number of aromatic nitrogens is 2. The highest BCUT2D eigenvalue weighted by molar-refractivity contribution is 7.99. The summed E-state index contributed by atoms with van der Waals surface area (Å²) in [6.07, 6.45) is 3.20. The number of anilines is 1. The number of carbonyl (C=O) groups is 1. The summed E-state index contributed by atoms with van der Waals surface area (Å²) in [6.45, 7) is 4.03. The maximum Gasteiger partial charge on any atom is 0.263 e. The largest absolute Gasteiger partial charge is 0.495 e. The van der Waals surface area contributed by atoms with Crippen molar-refractivity contribution in [3.8, 4) is 17.1 Å². The first-order valence-electron chi connectivity index (χ1n) is 9.35. The molecule has 7 nitrogen and oxygen atoms in total. The van der Waals surface area contributed by atoms with Gasteiger partial charge in [-0.05, 0) is 24.3 Å². The predicted octanol–water partition coefficient (Wildman–Crippen LogP) is 4.64. The lowest BCUT2D eigenvalue weighted by atomic mass is 10.2. The lowest BCUT2D eigenvalue weighted by Gasteiger charge is -2.12. The van der Waals surface area contributed by atoms with Crippen molar-refractivity contribution in [1.82, 2.24) is 9.55 Å². The number of methoxy groups -OCH3 is 1. The minimum Gasteiger partial charge on any atom is -0.495 e. The van der Waals surface area contributed by atoms with Crippen LogP contribution in [-0.2, 0) is 11.3 Å². The van der Waals surface area contributed by atoms with E-state index >= 15 is 0 Å². The van der Waals surface area contributed by atoms with Gasteiger partial charge in [0.25, 0.3) is 5.56 Å². The van der Waals surface area contributed by atoms with Crippen LogP contribution in [0.3, 0.4) is 0 Å². The molecule has 4 rings (SSSR count). The standard InChI is InChI=1S/C22H19N3O4S2/c1-3-10-25-21(27)19-14(16-9-6-11-29-16)12-30-20(19)24-22(25)31-13-18(26)23-15-7-4-5-8-17(15)28-2/h3-9,11-12H,1,10,13H2,2H3,(H,23,26). The average molecular weight is 454 g/mol. The van der Waals surface area contributed by atoms with Gasteiger partial charge in [0, 0.05) is 17.5 Å². The van der Waals surface area contributed by atoms with Crippen molar-refractivity contribution in [1.29, 1.82) is 0 Å². The van der Waals surface area contributed by atoms with Gasteiger partial charge in [-0.3, -0.25) is 14.2 Å². The zero-order chi connectivity index (χ0) is 21.8. The summed E-state index contributed by atoms with van der Waals surface area (Å²) >= 11 is 2.57. The highest BCUT2D eigenvalue weighted by Gasteiger charge is 2.19. The Hall–Kier alpha value is -3.30. The highest BCUT2D eigenvalue weighted by atomic mass is 32.2. The van der Waals surface area contributed by atoms with Crippen molar-refractivity contribution in [2.24, 2.45) is 0 Å². The molecule has 9 heteroatoms. The molecule has 1 N–H and O–H groups in total. The number of thioether (sulfide) groups is 1. The Balaban J connectivity index is 1.61. The first-order valence-corrected chi connectivity index (χ1v) is 11.2. The van der Waals surface area contributed by atoms with Crippen LogP contribution in [0.25, 0.3) is 21.5 Å². The first-order chi connectivity index (χ1) is 15.1. The molecule has 0 fully saturated rings. The SMILES string of the molecule is C=CCn1c(SCC(=O)Nc2ccccc2OC)nc2scc(-c3ccco3)c2c1=O. The molecule has 0 atom stereocenters. The van der Waals surface area contributed by atoms with Crippen molar-refractivity contribution in [2.45, 2.75) is 11.7 Å². The zero-order valence-corrected chi connectivity index (χ0v) is 18.3. The Bertz CT molecular complexity index is 1290. The van der Waals surface area contributed by atoms with E-state index in [0.29, 0.717) is 38.1 Å². The van der Waals surface area contributed by atoms with Crippen molar-refractivity contribution < 1.29 is 13.9 Å². The van der Waals surface area contributed by atoms with E-state index in [1.807, 2.05) is 23.6 Å². The fourth-order valence-corrected chi connectivity index (χ4v) is 4.86. The Kier molecular flexibility index (Phi) is 6.24. The Labute approximate surface area is 186 Å². The number of hydrogen-bond donors (Lipinski definition) is 1. The van der Waals surface area contributed by atoms with Gasteiger partial charge in [0.05, 0.1) is 30.2 Å². The van der Waals surface area contributed by atoms with Crippen molar-refractivity contribution in [3.05, 3.63) is 71.1 Å². The van der Waals surface area contributed by atoms with E-state index in [-0.39, 0.29) is 23.8 Å². The zero-order valence-electron chi connectivity index (χ0n) is 16.7. The lowest BCUT2D eigenvalue weighted by molar-refractivity contribution is -0.113. The number of fused-ring (bicyclic) bond motifs is 1. The van der Waals surface area contributed by atoms with Gasteiger partial charge in [0.1, 0.15) is 16.3 Å². The van der Waals surface area contributed by atoms with Crippen LogP contribution in [0.5, 0.6) is 5.75 Å². The van der Waals surface area contributed by atoms with Crippen molar-refractivity contribution in [3.63, 3.8) is 0 Å². The summed E-state index contributed by atoms with van der Waals surface area (Å²) in [6, 6.07) is 10.8. The van der Waals surface area contributed by atoms with Gasteiger partial charge >= 0.3 is 0 Å². The van der Waals surface area contributed by atoms with E-state index in [1.165, 1.54) is 27.7 Å². The van der Waals surface area contributed by atoms with Gasteiger partial charge in [-0.2, -0.15) is 0 Å². The van der Waals surface area contributed by atoms with Crippen LogP contribution < -0.4 is 15.6 Å². The number of rotatable bonds is 8. The summed E-state index contributed by atoms with van der Waals surface area (Å²) in [5.74, 6) is 1.06. The Morgan fingerprint density at radius 1 is 1.35 bits per heavy atom. The van der Waals surface area contributed by atoms with Crippen molar-refractivity contribution >= 4 is 44.9 Å². The summed E-state index contributed by atoms with van der Waals surface area (Å²) < 4.78 is 12.3. The number of thiophene rings is 1. The molecule has 1 aromatic carbocycles. The highest BCUT2D eigenvalue weighted by Crippen LogP contribution is 2.32. The number of nitrogens with zero attached hydrogens (tertiary/aromatic N) is 2. The Morgan fingerprint density at radius 3 is 2.94 bits per heavy atom. The number of carbonyl (C=O) groups excluding carboxylic acids is 1. The topological polar surface area (TPSA) is 86.4 Å². The number of nitrogens with one attached hydrogen (secondary N) is 1. The summed E-state index contributed by atoms with van der Waals surface area (Å²) in [4.78, 5) is 31.0. The smallest absolute Gasteiger partial charge is 0.263 e. The quantitative estimate of drug-likeness (QED) is 0.238. The van der Waals surface area contributed by atoms with Crippen molar-refractivity contribution in [2.75, 3.05) is 18.2 Å². The molecule has 0 aliphatic heterocycles. The summed E-state index contributed by atoms with van der Waals surface area (Å²) in [5.41, 5.74) is 1.11.